The van der Waals surface area contributed by atoms with Gasteiger partial charge in [0.2, 0.25) is 0 Å². The number of piperidine rings is 1. The molecule has 1 aliphatic heterocycles. The van der Waals surface area contributed by atoms with Gasteiger partial charge in [0.05, 0.1) is 19.8 Å². The fraction of sp³-hybridized carbons (Fsp3) is 0.500. The Morgan fingerprint density at radius 2 is 2.04 bits per heavy atom. The van der Waals surface area contributed by atoms with E-state index in [9.17, 15) is 0 Å². The van der Waals surface area contributed by atoms with E-state index >= 15 is 0 Å². The summed E-state index contributed by atoms with van der Waals surface area (Å²) in [4.78, 5) is 7.02. The van der Waals surface area contributed by atoms with Crippen molar-refractivity contribution in [1.82, 2.24) is 14.5 Å². The van der Waals surface area contributed by atoms with E-state index in [1.807, 2.05) is 24.4 Å². The number of nitrogens with zero attached hydrogens (tertiary/aromatic N) is 3. The minimum absolute atomic E-state index is 0.467. The van der Waals surface area contributed by atoms with Gasteiger partial charge in [-0.3, -0.25) is 0 Å². The SMILES string of the molecule is COc1cccc(-c2nccn2[C@@H]2CCN(C)[C@H](C)C2)c1OC. The Morgan fingerprint density at radius 3 is 2.74 bits per heavy atom. The molecular formula is C18H25N3O2. The van der Waals surface area contributed by atoms with E-state index in [-0.39, 0.29) is 0 Å². The molecule has 1 fully saturated rings. The Bertz CT molecular complexity index is 668. The van der Waals surface area contributed by atoms with Crippen LogP contribution in [0.15, 0.2) is 30.6 Å². The summed E-state index contributed by atoms with van der Waals surface area (Å²) >= 11 is 0. The molecule has 2 heterocycles. The molecule has 23 heavy (non-hydrogen) atoms. The molecule has 0 bridgehead atoms. The lowest BCUT2D eigenvalue weighted by Gasteiger charge is -2.36. The first-order chi connectivity index (χ1) is 11.2. The van der Waals surface area contributed by atoms with Gasteiger partial charge in [0, 0.05) is 31.0 Å². The zero-order valence-corrected chi connectivity index (χ0v) is 14.3. The second-order valence-corrected chi connectivity index (χ2v) is 6.21. The molecule has 0 amide bonds. The first-order valence-electron chi connectivity index (χ1n) is 8.10. The van der Waals surface area contributed by atoms with Crippen LogP contribution in [0.5, 0.6) is 11.5 Å². The standard InChI is InChI=1S/C18H25N3O2/c1-13-12-14(8-10-20(13)2)21-11-9-19-18(21)15-6-5-7-16(22-3)17(15)23-4/h5-7,9,11,13-14H,8,10,12H2,1-4H3/t13-,14-/m1/s1. The van der Waals surface area contributed by atoms with Crippen LogP contribution in [-0.4, -0.2) is 48.3 Å². The fourth-order valence-electron chi connectivity index (χ4n) is 3.40. The number of rotatable bonds is 4. The van der Waals surface area contributed by atoms with Crippen molar-refractivity contribution in [2.24, 2.45) is 0 Å². The van der Waals surface area contributed by atoms with Crippen LogP contribution >= 0.6 is 0 Å². The number of likely N-dealkylation sites (tertiary alicyclic amines) is 1. The molecule has 0 spiro atoms. The van der Waals surface area contributed by atoms with E-state index in [1.54, 1.807) is 14.2 Å². The maximum absolute atomic E-state index is 5.59. The lowest BCUT2D eigenvalue weighted by atomic mass is 9.98. The van der Waals surface area contributed by atoms with Crippen molar-refractivity contribution in [2.45, 2.75) is 31.8 Å². The van der Waals surface area contributed by atoms with Crippen molar-refractivity contribution >= 4 is 0 Å². The van der Waals surface area contributed by atoms with E-state index in [2.05, 4.69) is 34.6 Å². The van der Waals surface area contributed by atoms with Crippen molar-refractivity contribution in [1.29, 1.82) is 0 Å². The van der Waals surface area contributed by atoms with E-state index < -0.39 is 0 Å². The summed E-state index contributed by atoms with van der Waals surface area (Å²) in [6.07, 6.45) is 6.22. The third kappa shape index (κ3) is 2.93. The molecule has 2 atom stereocenters. The first-order valence-corrected chi connectivity index (χ1v) is 8.10. The number of ether oxygens (including phenoxy) is 2. The maximum Gasteiger partial charge on any atom is 0.171 e. The molecule has 0 unspecified atom stereocenters. The normalized spacial score (nSPS) is 22.1. The van der Waals surface area contributed by atoms with E-state index in [1.165, 1.54) is 0 Å². The van der Waals surface area contributed by atoms with Crippen molar-refractivity contribution in [3.63, 3.8) is 0 Å². The number of benzene rings is 1. The van der Waals surface area contributed by atoms with Gasteiger partial charge in [0.1, 0.15) is 5.82 Å². The van der Waals surface area contributed by atoms with Gasteiger partial charge in [-0.05, 0) is 38.9 Å². The molecule has 1 aromatic heterocycles. The third-order valence-corrected chi connectivity index (χ3v) is 4.89. The minimum atomic E-state index is 0.467. The third-order valence-electron chi connectivity index (χ3n) is 4.89. The Labute approximate surface area is 137 Å². The number of hydrogen-bond acceptors (Lipinski definition) is 4. The summed E-state index contributed by atoms with van der Waals surface area (Å²) in [7, 11) is 5.53. The van der Waals surface area contributed by atoms with Gasteiger partial charge < -0.3 is 18.9 Å². The van der Waals surface area contributed by atoms with E-state index in [4.69, 9.17) is 9.47 Å². The number of aromatic nitrogens is 2. The monoisotopic (exact) mass is 315 g/mol. The van der Waals surface area contributed by atoms with Crippen LogP contribution in [0.1, 0.15) is 25.8 Å². The van der Waals surface area contributed by atoms with Crippen LogP contribution in [0.2, 0.25) is 0 Å². The summed E-state index contributed by atoms with van der Waals surface area (Å²) < 4.78 is 13.3. The molecule has 0 N–H and O–H groups in total. The number of methoxy groups -OCH3 is 2. The number of para-hydroxylation sites is 1. The van der Waals surface area contributed by atoms with Crippen molar-refractivity contribution in [3.05, 3.63) is 30.6 Å². The van der Waals surface area contributed by atoms with Gasteiger partial charge in [0.25, 0.3) is 0 Å². The smallest absolute Gasteiger partial charge is 0.171 e. The second-order valence-electron chi connectivity index (χ2n) is 6.21. The predicted molar refractivity (Wildman–Crippen MR) is 91.1 cm³/mol. The van der Waals surface area contributed by atoms with Gasteiger partial charge in [0.15, 0.2) is 11.5 Å². The van der Waals surface area contributed by atoms with Gasteiger partial charge in [-0.25, -0.2) is 4.98 Å². The Kier molecular flexibility index (Phi) is 4.57. The molecule has 0 radical (unpaired) electrons. The van der Waals surface area contributed by atoms with Crippen LogP contribution in [0, 0.1) is 0 Å². The van der Waals surface area contributed by atoms with Gasteiger partial charge in [-0.2, -0.15) is 0 Å². The predicted octanol–water partition coefficient (Wildman–Crippen LogP) is 3.22. The molecule has 1 aliphatic rings. The Morgan fingerprint density at radius 1 is 1.22 bits per heavy atom. The van der Waals surface area contributed by atoms with Gasteiger partial charge in [-0.1, -0.05) is 6.07 Å². The summed E-state index contributed by atoms with van der Waals surface area (Å²) in [6, 6.07) is 6.98. The summed E-state index contributed by atoms with van der Waals surface area (Å²) in [6.45, 7) is 3.40. The summed E-state index contributed by atoms with van der Waals surface area (Å²) in [5.41, 5.74) is 0.975. The average molecular weight is 315 g/mol. The molecule has 0 saturated carbocycles. The molecular weight excluding hydrogens is 290 g/mol. The molecule has 2 aromatic rings. The molecule has 1 aromatic carbocycles. The quantitative estimate of drug-likeness (QED) is 0.868. The highest BCUT2D eigenvalue weighted by Crippen LogP contribution is 2.39. The van der Waals surface area contributed by atoms with Crippen molar-refractivity contribution in [2.75, 3.05) is 27.8 Å². The van der Waals surface area contributed by atoms with Gasteiger partial charge >= 0.3 is 0 Å². The molecule has 124 valence electrons. The Hall–Kier alpha value is -2.01. The minimum Gasteiger partial charge on any atom is -0.493 e. The van der Waals surface area contributed by atoms with E-state index in [0.717, 1.165) is 42.3 Å². The number of hydrogen-bond donors (Lipinski definition) is 0. The highest BCUT2D eigenvalue weighted by Gasteiger charge is 2.26. The second kappa shape index (κ2) is 6.62. The lowest BCUT2D eigenvalue weighted by molar-refractivity contribution is 0.157. The van der Waals surface area contributed by atoms with Crippen molar-refractivity contribution < 1.29 is 9.47 Å². The molecule has 3 rings (SSSR count). The van der Waals surface area contributed by atoms with Crippen LogP contribution < -0.4 is 9.47 Å². The molecule has 5 nitrogen and oxygen atoms in total. The topological polar surface area (TPSA) is 39.5 Å². The first kappa shape index (κ1) is 15.9. The summed E-state index contributed by atoms with van der Waals surface area (Å²) in [5, 5.41) is 0. The Balaban J connectivity index is 1.99. The highest BCUT2D eigenvalue weighted by atomic mass is 16.5. The fourth-order valence-corrected chi connectivity index (χ4v) is 3.40. The van der Waals surface area contributed by atoms with Crippen LogP contribution in [0.3, 0.4) is 0 Å². The maximum atomic E-state index is 5.59. The summed E-state index contributed by atoms with van der Waals surface area (Å²) in [5.74, 6) is 2.42. The molecule has 5 heteroatoms. The van der Waals surface area contributed by atoms with Gasteiger partial charge in [-0.15, -0.1) is 0 Å². The highest BCUT2D eigenvalue weighted by molar-refractivity contribution is 5.69. The van der Waals surface area contributed by atoms with Crippen molar-refractivity contribution in [3.8, 4) is 22.9 Å². The van der Waals surface area contributed by atoms with Crippen LogP contribution in [0.4, 0.5) is 0 Å². The average Bonchev–Trinajstić information content (AvgIpc) is 3.05. The van der Waals surface area contributed by atoms with E-state index in [0.29, 0.717) is 12.1 Å². The van der Waals surface area contributed by atoms with Crippen LogP contribution in [0.25, 0.3) is 11.4 Å². The zero-order chi connectivity index (χ0) is 16.4. The lowest BCUT2D eigenvalue weighted by Crippen LogP contribution is -2.38. The largest absolute Gasteiger partial charge is 0.493 e. The van der Waals surface area contributed by atoms with Crippen LogP contribution in [-0.2, 0) is 0 Å². The zero-order valence-electron chi connectivity index (χ0n) is 14.3. The molecule has 1 saturated heterocycles. The molecule has 0 aliphatic carbocycles. The number of imidazole rings is 1.